The number of anilines is 1. The standard InChI is InChI=1S/C11H13N5O2/c1-6-7(2)18-10(14-6)5-13-9-4-3-8(11(12)17)15-16-9/h3-4H,5H2,1-2H3,(H2,12,17)(H,13,16). The van der Waals surface area contributed by atoms with Crippen LogP contribution in [0.2, 0.25) is 0 Å². The van der Waals surface area contributed by atoms with Crippen LogP contribution in [0.25, 0.3) is 0 Å². The van der Waals surface area contributed by atoms with Crippen molar-refractivity contribution in [1.29, 1.82) is 0 Å². The van der Waals surface area contributed by atoms with Gasteiger partial charge < -0.3 is 15.5 Å². The molecule has 7 nitrogen and oxygen atoms in total. The highest BCUT2D eigenvalue weighted by Crippen LogP contribution is 2.10. The van der Waals surface area contributed by atoms with E-state index >= 15 is 0 Å². The fraction of sp³-hybridized carbons (Fsp3) is 0.273. The predicted octanol–water partition coefficient (Wildman–Crippen LogP) is 0.792. The summed E-state index contributed by atoms with van der Waals surface area (Å²) in [5, 5.41) is 10.5. The quantitative estimate of drug-likeness (QED) is 0.827. The van der Waals surface area contributed by atoms with Gasteiger partial charge in [0, 0.05) is 0 Å². The van der Waals surface area contributed by atoms with Crippen molar-refractivity contribution in [2.75, 3.05) is 5.32 Å². The number of primary amides is 1. The zero-order valence-corrected chi connectivity index (χ0v) is 10.1. The zero-order valence-electron chi connectivity index (χ0n) is 10.1. The van der Waals surface area contributed by atoms with E-state index < -0.39 is 5.91 Å². The molecule has 0 saturated heterocycles. The second-order valence-electron chi connectivity index (χ2n) is 3.77. The molecule has 2 aromatic heterocycles. The number of rotatable bonds is 4. The van der Waals surface area contributed by atoms with Crippen molar-refractivity contribution in [2.45, 2.75) is 20.4 Å². The third kappa shape index (κ3) is 2.62. The Morgan fingerprint density at radius 1 is 1.39 bits per heavy atom. The minimum atomic E-state index is -0.604. The molecule has 0 spiro atoms. The monoisotopic (exact) mass is 247 g/mol. The summed E-state index contributed by atoms with van der Waals surface area (Å²) in [7, 11) is 0. The number of oxazole rings is 1. The fourth-order valence-electron chi connectivity index (χ4n) is 1.34. The second-order valence-corrected chi connectivity index (χ2v) is 3.77. The molecule has 2 heterocycles. The first-order valence-corrected chi connectivity index (χ1v) is 5.36. The van der Waals surface area contributed by atoms with Gasteiger partial charge >= 0.3 is 0 Å². The van der Waals surface area contributed by atoms with Gasteiger partial charge in [-0.2, -0.15) is 0 Å². The van der Waals surface area contributed by atoms with Crippen molar-refractivity contribution < 1.29 is 9.21 Å². The Hall–Kier alpha value is -2.44. The first-order valence-electron chi connectivity index (χ1n) is 5.36. The van der Waals surface area contributed by atoms with Crippen molar-refractivity contribution in [1.82, 2.24) is 15.2 Å². The Kier molecular flexibility index (Phi) is 3.22. The summed E-state index contributed by atoms with van der Waals surface area (Å²) < 4.78 is 5.40. The number of hydrogen-bond acceptors (Lipinski definition) is 6. The van der Waals surface area contributed by atoms with Crippen LogP contribution < -0.4 is 11.1 Å². The molecule has 1 amide bonds. The van der Waals surface area contributed by atoms with Gasteiger partial charge in [-0.1, -0.05) is 0 Å². The van der Waals surface area contributed by atoms with E-state index in [-0.39, 0.29) is 5.69 Å². The van der Waals surface area contributed by atoms with Crippen LogP contribution in [-0.4, -0.2) is 21.1 Å². The molecule has 0 aliphatic carbocycles. The number of nitrogens with one attached hydrogen (secondary N) is 1. The average Bonchev–Trinajstić information content (AvgIpc) is 2.67. The maximum atomic E-state index is 10.8. The van der Waals surface area contributed by atoms with Crippen LogP contribution in [0, 0.1) is 13.8 Å². The predicted molar refractivity (Wildman–Crippen MR) is 63.9 cm³/mol. The third-order valence-corrected chi connectivity index (χ3v) is 2.41. The van der Waals surface area contributed by atoms with Gasteiger partial charge in [0.05, 0.1) is 12.2 Å². The first kappa shape index (κ1) is 12.0. The van der Waals surface area contributed by atoms with Crippen LogP contribution in [-0.2, 0) is 6.54 Å². The van der Waals surface area contributed by atoms with E-state index in [1.165, 1.54) is 6.07 Å². The molecule has 0 fully saturated rings. The molecule has 0 aromatic carbocycles. The molecular formula is C11H13N5O2. The van der Waals surface area contributed by atoms with Crippen molar-refractivity contribution in [3.8, 4) is 0 Å². The van der Waals surface area contributed by atoms with E-state index in [4.69, 9.17) is 10.2 Å². The lowest BCUT2D eigenvalue weighted by Crippen LogP contribution is -2.14. The molecule has 94 valence electrons. The number of carbonyl (C=O) groups excluding carboxylic acids is 1. The lowest BCUT2D eigenvalue weighted by molar-refractivity contribution is 0.0994. The van der Waals surface area contributed by atoms with E-state index in [1.807, 2.05) is 13.8 Å². The number of aryl methyl sites for hydroxylation is 2. The Morgan fingerprint density at radius 2 is 2.17 bits per heavy atom. The first-order chi connectivity index (χ1) is 8.56. The maximum absolute atomic E-state index is 10.8. The van der Waals surface area contributed by atoms with Crippen LogP contribution >= 0.6 is 0 Å². The van der Waals surface area contributed by atoms with Crippen LogP contribution in [0.1, 0.15) is 27.8 Å². The molecule has 0 aliphatic rings. The van der Waals surface area contributed by atoms with E-state index in [0.717, 1.165) is 11.5 Å². The Balaban J connectivity index is 2.00. The van der Waals surface area contributed by atoms with Crippen molar-refractivity contribution in [3.63, 3.8) is 0 Å². The summed E-state index contributed by atoms with van der Waals surface area (Å²) in [6.45, 7) is 4.14. The number of carbonyl (C=O) groups is 1. The average molecular weight is 247 g/mol. The highest BCUT2D eigenvalue weighted by Gasteiger charge is 2.06. The van der Waals surface area contributed by atoms with E-state index in [1.54, 1.807) is 6.07 Å². The van der Waals surface area contributed by atoms with Crippen LogP contribution in [0.5, 0.6) is 0 Å². The minimum absolute atomic E-state index is 0.128. The SMILES string of the molecule is Cc1nc(CNc2ccc(C(N)=O)nn2)oc1C. The molecule has 0 radical (unpaired) electrons. The lowest BCUT2D eigenvalue weighted by Gasteiger charge is -2.01. The van der Waals surface area contributed by atoms with Gasteiger partial charge in [-0.05, 0) is 26.0 Å². The topological polar surface area (TPSA) is 107 Å². The van der Waals surface area contributed by atoms with E-state index in [0.29, 0.717) is 18.3 Å². The lowest BCUT2D eigenvalue weighted by atomic mass is 10.4. The molecule has 3 N–H and O–H groups in total. The van der Waals surface area contributed by atoms with Gasteiger partial charge in [0.2, 0.25) is 5.89 Å². The Labute approximate surface area is 103 Å². The molecule has 0 aliphatic heterocycles. The molecule has 0 saturated carbocycles. The second kappa shape index (κ2) is 4.82. The van der Waals surface area contributed by atoms with Crippen LogP contribution in [0.15, 0.2) is 16.5 Å². The van der Waals surface area contributed by atoms with Gasteiger partial charge in [-0.15, -0.1) is 10.2 Å². The van der Waals surface area contributed by atoms with Gasteiger partial charge in [0.25, 0.3) is 5.91 Å². The largest absolute Gasteiger partial charge is 0.444 e. The van der Waals surface area contributed by atoms with E-state index in [2.05, 4.69) is 20.5 Å². The highest BCUT2D eigenvalue weighted by molar-refractivity contribution is 5.90. The summed E-state index contributed by atoms with van der Waals surface area (Å²) in [5.74, 6) is 1.29. The summed E-state index contributed by atoms with van der Waals surface area (Å²) in [6, 6.07) is 3.12. The maximum Gasteiger partial charge on any atom is 0.269 e. The summed E-state index contributed by atoms with van der Waals surface area (Å²) in [6.07, 6.45) is 0. The van der Waals surface area contributed by atoms with Crippen molar-refractivity contribution >= 4 is 11.7 Å². The van der Waals surface area contributed by atoms with Crippen LogP contribution in [0.4, 0.5) is 5.82 Å². The Bertz CT molecular complexity index is 542. The molecule has 18 heavy (non-hydrogen) atoms. The number of aromatic nitrogens is 3. The number of nitrogens with zero attached hydrogens (tertiary/aromatic N) is 3. The molecule has 2 aromatic rings. The normalized spacial score (nSPS) is 10.3. The van der Waals surface area contributed by atoms with Gasteiger partial charge in [-0.3, -0.25) is 4.79 Å². The molecule has 7 heteroatoms. The Morgan fingerprint density at radius 3 is 2.67 bits per heavy atom. The van der Waals surface area contributed by atoms with Crippen molar-refractivity contribution in [2.24, 2.45) is 5.73 Å². The molecule has 0 bridgehead atoms. The van der Waals surface area contributed by atoms with Crippen LogP contribution in [0.3, 0.4) is 0 Å². The van der Waals surface area contributed by atoms with Crippen molar-refractivity contribution in [3.05, 3.63) is 35.2 Å². The molecular weight excluding hydrogens is 234 g/mol. The van der Waals surface area contributed by atoms with E-state index in [9.17, 15) is 4.79 Å². The fourth-order valence-corrected chi connectivity index (χ4v) is 1.34. The number of hydrogen-bond donors (Lipinski definition) is 2. The zero-order chi connectivity index (χ0) is 13.1. The number of nitrogens with two attached hydrogens (primary N) is 1. The molecule has 0 unspecified atom stereocenters. The number of amides is 1. The minimum Gasteiger partial charge on any atom is -0.444 e. The van der Waals surface area contributed by atoms with Gasteiger partial charge in [0.15, 0.2) is 5.69 Å². The van der Waals surface area contributed by atoms with Gasteiger partial charge in [-0.25, -0.2) is 4.98 Å². The summed E-state index contributed by atoms with van der Waals surface area (Å²) >= 11 is 0. The molecule has 0 atom stereocenters. The highest BCUT2D eigenvalue weighted by atomic mass is 16.4. The van der Waals surface area contributed by atoms with Gasteiger partial charge in [0.1, 0.15) is 11.6 Å². The summed E-state index contributed by atoms with van der Waals surface area (Å²) in [5.41, 5.74) is 6.05. The smallest absolute Gasteiger partial charge is 0.269 e. The third-order valence-electron chi connectivity index (χ3n) is 2.41. The summed E-state index contributed by atoms with van der Waals surface area (Å²) in [4.78, 5) is 15.0. The molecule has 2 rings (SSSR count).